The highest BCUT2D eigenvalue weighted by molar-refractivity contribution is 8.04. The summed E-state index contributed by atoms with van der Waals surface area (Å²) in [6, 6.07) is 0. The van der Waals surface area contributed by atoms with Crippen LogP contribution in [-0.4, -0.2) is 37.5 Å². The van der Waals surface area contributed by atoms with Crippen molar-refractivity contribution in [3.05, 3.63) is 0 Å². The third-order valence-electron chi connectivity index (χ3n) is 2.45. The smallest absolute Gasteiger partial charge is 0.316 e. The van der Waals surface area contributed by atoms with Gasteiger partial charge in [-0.05, 0) is 43.2 Å². The van der Waals surface area contributed by atoms with Gasteiger partial charge in [-0.2, -0.15) is 13.1 Å². The summed E-state index contributed by atoms with van der Waals surface area (Å²) >= 11 is -1.83. The fraction of sp³-hybridized carbons (Fsp3) is 0.846. The molecule has 0 aromatic carbocycles. The molecule has 2 N–H and O–H groups in total. The Kier molecular flexibility index (Phi) is 9.53. The Hall–Kier alpha value is -0.300. The molecule has 0 rings (SSSR count). The topological polar surface area (TPSA) is 90.5 Å². The fourth-order valence-corrected chi connectivity index (χ4v) is 3.66. The minimum atomic E-state index is -3.83. The van der Waals surface area contributed by atoms with Gasteiger partial charge in [-0.15, -0.1) is 5.92 Å². The van der Waals surface area contributed by atoms with E-state index in [0.29, 0.717) is 12.5 Å². The maximum absolute atomic E-state index is 11.9. The van der Waals surface area contributed by atoms with Crippen LogP contribution in [0.3, 0.4) is 0 Å². The molecule has 21 heavy (non-hydrogen) atoms. The lowest BCUT2D eigenvalue weighted by Crippen LogP contribution is -2.48. The van der Waals surface area contributed by atoms with E-state index in [1.54, 1.807) is 20.8 Å². The minimum Gasteiger partial charge on any atom is -0.596 e. The first kappa shape index (κ1) is 20.7. The van der Waals surface area contributed by atoms with Crippen molar-refractivity contribution < 1.29 is 17.7 Å². The molecule has 0 aromatic heterocycles. The normalized spacial score (nSPS) is 13.9. The molecule has 0 aliphatic heterocycles. The van der Waals surface area contributed by atoms with E-state index in [-0.39, 0.29) is 13.2 Å². The summed E-state index contributed by atoms with van der Waals surface area (Å²) in [6.07, 6.45) is 0.929. The zero-order chi connectivity index (χ0) is 16.5. The van der Waals surface area contributed by atoms with Crippen molar-refractivity contribution in [2.24, 2.45) is 5.92 Å². The summed E-state index contributed by atoms with van der Waals surface area (Å²) in [5.74, 6) is 5.89. The van der Waals surface area contributed by atoms with E-state index >= 15 is 0 Å². The lowest BCUT2D eigenvalue weighted by molar-refractivity contribution is 0.128. The summed E-state index contributed by atoms with van der Waals surface area (Å²) in [4.78, 5) is 0. The van der Waals surface area contributed by atoms with E-state index in [1.165, 1.54) is 0 Å². The van der Waals surface area contributed by atoms with Crippen LogP contribution in [0.4, 0.5) is 0 Å². The minimum absolute atomic E-state index is 0.129. The Morgan fingerprint density at radius 1 is 1.33 bits per heavy atom. The highest BCUT2D eigenvalue weighted by atomic mass is 32.3. The molecule has 0 aliphatic carbocycles. The SMILES string of the molecule is CC#CC(C)(C)[S+]([O-])NS(=O)(=O)NCCOCCC(C)C. The zero-order valence-corrected chi connectivity index (χ0v) is 15.0. The van der Waals surface area contributed by atoms with Crippen molar-refractivity contribution in [1.82, 2.24) is 8.85 Å². The summed E-state index contributed by atoms with van der Waals surface area (Å²) in [7, 11) is -3.83. The molecular formula is C13H26N2O4S2. The predicted octanol–water partition coefficient (Wildman–Crippen LogP) is 0.939. The van der Waals surface area contributed by atoms with Crippen molar-refractivity contribution in [1.29, 1.82) is 0 Å². The Balaban J connectivity index is 4.12. The van der Waals surface area contributed by atoms with Crippen molar-refractivity contribution in [3.63, 3.8) is 0 Å². The van der Waals surface area contributed by atoms with Crippen molar-refractivity contribution in [2.45, 2.75) is 45.8 Å². The number of ether oxygens (including phenoxy) is 1. The van der Waals surface area contributed by atoms with Crippen LogP contribution >= 0.6 is 0 Å². The predicted molar refractivity (Wildman–Crippen MR) is 86.0 cm³/mol. The monoisotopic (exact) mass is 338 g/mol. The van der Waals surface area contributed by atoms with Crippen molar-refractivity contribution in [3.8, 4) is 11.8 Å². The van der Waals surface area contributed by atoms with Crippen LogP contribution in [0, 0.1) is 17.8 Å². The van der Waals surface area contributed by atoms with E-state index < -0.39 is 26.3 Å². The molecule has 1 unspecified atom stereocenters. The first-order chi connectivity index (χ1) is 9.60. The summed E-state index contributed by atoms with van der Waals surface area (Å²) in [6.45, 7) is 10.0. The highest BCUT2D eigenvalue weighted by Crippen LogP contribution is 2.14. The van der Waals surface area contributed by atoms with Gasteiger partial charge >= 0.3 is 10.2 Å². The molecule has 0 saturated carbocycles. The highest BCUT2D eigenvalue weighted by Gasteiger charge is 2.34. The van der Waals surface area contributed by atoms with Gasteiger partial charge in [0.1, 0.15) is 0 Å². The standard InChI is InChI=1S/C13H26N2O4S2/c1-6-8-13(4,5)20(16)15-21(17,18)14-9-11-19-10-7-12(2)3/h12,14-15H,7,9-11H2,1-5H3. The lowest BCUT2D eigenvalue weighted by atomic mass is 10.1. The van der Waals surface area contributed by atoms with Gasteiger partial charge in [-0.3, -0.25) is 0 Å². The van der Waals surface area contributed by atoms with Gasteiger partial charge in [0.15, 0.2) is 4.75 Å². The number of hydrogen-bond donors (Lipinski definition) is 2. The summed E-state index contributed by atoms with van der Waals surface area (Å²) in [5, 5.41) is 0. The first-order valence-electron chi connectivity index (χ1n) is 6.81. The quantitative estimate of drug-likeness (QED) is 0.352. The lowest BCUT2D eigenvalue weighted by Gasteiger charge is -2.22. The Bertz CT molecular complexity index is 453. The molecule has 0 amide bonds. The van der Waals surface area contributed by atoms with E-state index in [4.69, 9.17) is 4.74 Å². The Morgan fingerprint density at radius 3 is 2.48 bits per heavy atom. The first-order valence-corrected chi connectivity index (χ1v) is 9.44. The average Bonchev–Trinajstić information content (AvgIpc) is 2.32. The van der Waals surface area contributed by atoms with Crippen LogP contribution in [0.1, 0.15) is 41.0 Å². The fourth-order valence-electron chi connectivity index (χ4n) is 1.25. The molecule has 0 bridgehead atoms. The molecule has 6 nitrogen and oxygen atoms in total. The van der Waals surface area contributed by atoms with Gasteiger partial charge in [0, 0.05) is 13.2 Å². The Morgan fingerprint density at radius 2 is 1.95 bits per heavy atom. The van der Waals surface area contributed by atoms with E-state index in [9.17, 15) is 13.0 Å². The van der Waals surface area contributed by atoms with E-state index in [2.05, 4.69) is 34.5 Å². The van der Waals surface area contributed by atoms with Crippen molar-refractivity contribution in [2.75, 3.05) is 19.8 Å². The largest absolute Gasteiger partial charge is 0.596 e. The van der Waals surface area contributed by atoms with Crippen LogP contribution < -0.4 is 8.85 Å². The molecule has 0 radical (unpaired) electrons. The molecule has 0 fully saturated rings. The molecule has 124 valence electrons. The van der Waals surface area contributed by atoms with Gasteiger partial charge in [-0.25, -0.2) is 0 Å². The molecule has 0 spiro atoms. The number of rotatable bonds is 10. The average molecular weight is 338 g/mol. The Labute approximate surface area is 131 Å². The van der Waals surface area contributed by atoms with Crippen LogP contribution in [0.25, 0.3) is 0 Å². The molecule has 0 aromatic rings. The molecular weight excluding hydrogens is 312 g/mol. The molecule has 8 heteroatoms. The maximum atomic E-state index is 11.9. The zero-order valence-electron chi connectivity index (χ0n) is 13.4. The van der Waals surface area contributed by atoms with Gasteiger partial charge in [-0.1, -0.05) is 13.8 Å². The van der Waals surface area contributed by atoms with Gasteiger partial charge in [0.2, 0.25) is 0 Å². The second kappa shape index (κ2) is 9.66. The van der Waals surface area contributed by atoms with Crippen LogP contribution in [0.2, 0.25) is 0 Å². The second-order valence-corrected chi connectivity index (χ2v) is 8.95. The maximum Gasteiger partial charge on any atom is 0.316 e. The molecule has 1 atom stereocenters. The van der Waals surface area contributed by atoms with Crippen molar-refractivity contribution >= 4 is 21.6 Å². The third-order valence-corrected chi connectivity index (χ3v) is 5.55. The summed E-state index contributed by atoms with van der Waals surface area (Å²) < 4.78 is 44.1. The molecule has 0 saturated heterocycles. The molecule has 0 aliphatic rings. The van der Waals surface area contributed by atoms with Crippen LogP contribution in [0.15, 0.2) is 0 Å². The van der Waals surface area contributed by atoms with Gasteiger partial charge in [0.25, 0.3) is 0 Å². The third kappa shape index (κ3) is 10.1. The van der Waals surface area contributed by atoms with E-state index in [1.807, 2.05) is 0 Å². The number of nitrogens with one attached hydrogen (secondary N) is 2. The van der Waals surface area contributed by atoms with E-state index in [0.717, 1.165) is 6.42 Å². The van der Waals surface area contributed by atoms with Gasteiger partial charge in [0.05, 0.1) is 18.0 Å². The molecule has 0 heterocycles. The second-order valence-electron chi connectivity index (χ2n) is 5.43. The van der Waals surface area contributed by atoms with Gasteiger partial charge < -0.3 is 9.29 Å². The van der Waals surface area contributed by atoms with Crippen LogP contribution in [-0.2, 0) is 26.3 Å². The van der Waals surface area contributed by atoms with Crippen LogP contribution in [0.5, 0.6) is 0 Å². The summed E-state index contributed by atoms with van der Waals surface area (Å²) in [5.41, 5.74) is 0. The number of hydrogen-bond acceptors (Lipinski definition) is 4.